The summed E-state index contributed by atoms with van der Waals surface area (Å²) in [7, 11) is 0. The number of carbonyl (C=O) groups is 1. The number of rotatable bonds is 11. The van der Waals surface area contributed by atoms with Crippen molar-refractivity contribution in [2.45, 2.75) is 81.0 Å². The first-order chi connectivity index (χ1) is 22.5. The number of carbonyl (C=O) groups excluding carboxylic acids is 1. The van der Waals surface area contributed by atoms with E-state index in [2.05, 4.69) is 6.92 Å². The number of halogens is 3. The average molecular weight is 675 g/mol. The van der Waals surface area contributed by atoms with Gasteiger partial charge in [0.1, 0.15) is 47.5 Å². The quantitative estimate of drug-likeness (QED) is 0.225. The van der Waals surface area contributed by atoms with Crippen LogP contribution in [-0.2, 0) is 28.8 Å². The fraction of sp³-hybridized carbons (Fsp3) is 0.457. The number of nitrogens with two attached hydrogens (primary N) is 1. The number of hydrogen-bond donors (Lipinski definition) is 4. The van der Waals surface area contributed by atoms with Crippen LogP contribution >= 0.6 is 11.8 Å². The molecule has 0 bridgehead atoms. The van der Waals surface area contributed by atoms with Crippen LogP contribution in [0.15, 0.2) is 54.6 Å². The SMILES string of the molecule is CCc1ccc([C@@H]2O[C@H](SC)[C@@H](O)[C@H](O)[C@H]2O)cc1Cc1ccc(O[C@H]2CCN(C(=O)C[C@@H](N)Cc3cc(F)c(F)cc3F)C2)cc1. The number of amides is 1. The van der Waals surface area contributed by atoms with E-state index >= 15 is 0 Å². The van der Waals surface area contributed by atoms with Crippen LogP contribution < -0.4 is 10.5 Å². The van der Waals surface area contributed by atoms with E-state index in [1.54, 1.807) is 11.2 Å². The summed E-state index contributed by atoms with van der Waals surface area (Å²) in [6.07, 6.45) is -1.07. The Morgan fingerprint density at radius 2 is 1.70 bits per heavy atom. The Morgan fingerprint density at radius 1 is 0.979 bits per heavy atom. The number of likely N-dealkylation sites (tertiary alicyclic amines) is 1. The fourth-order valence-corrected chi connectivity index (χ4v) is 6.90. The number of aliphatic hydroxyl groups is 3. The van der Waals surface area contributed by atoms with E-state index in [0.717, 1.165) is 34.7 Å². The maximum absolute atomic E-state index is 14.0. The number of benzene rings is 3. The summed E-state index contributed by atoms with van der Waals surface area (Å²) in [6, 6.07) is 14.1. The summed E-state index contributed by atoms with van der Waals surface area (Å²) in [5.41, 5.74) is 9.30. The third-order valence-electron chi connectivity index (χ3n) is 8.87. The zero-order valence-corrected chi connectivity index (χ0v) is 27.1. The second kappa shape index (κ2) is 15.4. The highest BCUT2D eigenvalue weighted by Gasteiger charge is 2.44. The average Bonchev–Trinajstić information content (AvgIpc) is 3.52. The van der Waals surface area contributed by atoms with Crippen molar-refractivity contribution in [2.24, 2.45) is 5.73 Å². The number of hydrogen-bond acceptors (Lipinski definition) is 8. The lowest BCUT2D eigenvalue weighted by Crippen LogP contribution is -2.52. The zero-order valence-electron chi connectivity index (χ0n) is 26.3. The predicted octanol–water partition coefficient (Wildman–Crippen LogP) is 4.04. The Morgan fingerprint density at radius 3 is 2.40 bits per heavy atom. The molecule has 2 aliphatic rings. The van der Waals surface area contributed by atoms with Crippen LogP contribution in [0.2, 0.25) is 0 Å². The molecule has 8 nitrogen and oxygen atoms in total. The van der Waals surface area contributed by atoms with Crippen LogP contribution in [0.5, 0.6) is 5.75 Å². The van der Waals surface area contributed by atoms with Gasteiger partial charge in [-0.25, -0.2) is 13.2 Å². The third kappa shape index (κ3) is 8.30. The molecule has 254 valence electrons. The van der Waals surface area contributed by atoms with Crippen molar-refractivity contribution in [3.63, 3.8) is 0 Å². The van der Waals surface area contributed by atoms with Gasteiger partial charge < -0.3 is 35.4 Å². The van der Waals surface area contributed by atoms with Gasteiger partial charge in [0, 0.05) is 31.5 Å². The molecule has 7 atom stereocenters. The van der Waals surface area contributed by atoms with Crippen molar-refractivity contribution in [1.29, 1.82) is 0 Å². The highest BCUT2D eigenvalue weighted by Crippen LogP contribution is 2.37. The Balaban J connectivity index is 1.16. The summed E-state index contributed by atoms with van der Waals surface area (Å²) in [5.74, 6) is -2.88. The second-order valence-electron chi connectivity index (χ2n) is 12.2. The predicted molar refractivity (Wildman–Crippen MR) is 172 cm³/mol. The van der Waals surface area contributed by atoms with Gasteiger partial charge in [0.2, 0.25) is 5.91 Å². The molecule has 47 heavy (non-hydrogen) atoms. The van der Waals surface area contributed by atoms with Crippen LogP contribution in [0.25, 0.3) is 0 Å². The normalized spacial score (nSPS) is 25.2. The molecule has 2 fully saturated rings. The van der Waals surface area contributed by atoms with Gasteiger partial charge in [0.25, 0.3) is 0 Å². The molecule has 5 N–H and O–H groups in total. The maximum Gasteiger partial charge on any atom is 0.224 e. The molecule has 0 unspecified atom stereocenters. The molecule has 2 saturated heterocycles. The first kappa shape index (κ1) is 35.2. The highest BCUT2D eigenvalue weighted by molar-refractivity contribution is 7.99. The van der Waals surface area contributed by atoms with Crippen LogP contribution in [0.1, 0.15) is 53.7 Å². The van der Waals surface area contributed by atoms with Gasteiger partial charge in [-0.05, 0) is 71.5 Å². The van der Waals surface area contributed by atoms with Crippen LogP contribution in [0.4, 0.5) is 13.2 Å². The topological polar surface area (TPSA) is 125 Å². The van der Waals surface area contributed by atoms with Crippen molar-refractivity contribution in [1.82, 2.24) is 4.90 Å². The molecular formula is C35H41F3N2O6S. The molecule has 1 amide bonds. The number of nitrogens with zero attached hydrogens (tertiary/aromatic N) is 1. The molecule has 0 spiro atoms. The first-order valence-corrected chi connectivity index (χ1v) is 17.0. The lowest BCUT2D eigenvalue weighted by molar-refractivity contribution is -0.200. The van der Waals surface area contributed by atoms with Crippen LogP contribution in [0, 0.1) is 17.5 Å². The number of thioether (sulfide) groups is 1. The first-order valence-electron chi connectivity index (χ1n) is 15.7. The van der Waals surface area contributed by atoms with Gasteiger partial charge in [0.05, 0.1) is 6.54 Å². The molecule has 0 aromatic heterocycles. The molecule has 2 aliphatic heterocycles. The maximum atomic E-state index is 14.0. The van der Waals surface area contributed by atoms with Crippen molar-refractivity contribution in [3.05, 3.63) is 99.9 Å². The molecule has 12 heteroatoms. The van der Waals surface area contributed by atoms with Gasteiger partial charge >= 0.3 is 0 Å². The molecule has 0 radical (unpaired) electrons. The van der Waals surface area contributed by atoms with Gasteiger partial charge in [-0.1, -0.05) is 37.3 Å². The van der Waals surface area contributed by atoms with Crippen molar-refractivity contribution < 1.29 is 42.8 Å². The smallest absolute Gasteiger partial charge is 0.224 e. The van der Waals surface area contributed by atoms with Crippen molar-refractivity contribution in [2.75, 3.05) is 19.3 Å². The van der Waals surface area contributed by atoms with Gasteiger partial charge in [-0.15, -0.1) is 11.8 Å². The fourth-order valence-electron chi connectivity index (χ4n) is 6.23. The lowest BCUT2D eigenvalue weighted by atomic mass is 9.90. The highest BCUT2D eigenvalue weighted by atomic mass is 32.2. The molecule has 3 aromatic carbocycles. The monoisotopic (exact) mass is 674 g/mol. The van der Waals surface area contributed by atoms with E-state index in [1.165, 1.54) is 11.8 Å². The summed E-state index contributed by atoms with van der Waals surface area (Å²) in [5, 5.41) is 31.3. The van der Waals surface area contributed by atoms with E-state index in [-0.39, 0.29) is 30.4 Å². The van der Waals surface area contributed by atoms with Gasteiger partial charge in [0.15, 0.2) is 11.6 Å². The molecule has 3 aromatic rings. The van der Waals surface area contributed by atoms with Crippen molar-refractivity contribution in [3.8, 4) is 5.75 Å². The second-order valence-corrected chi connectivity index (χ2v) is 13.2. The van der Waals surface area contributed by atoms with Crippen molar-refractivity contribution >= 4 is 17.7 Å². The summed E-state index contributed by atoms with van der Waals surface area (Å²) >= 11 is 1.28. The molecule has 5 rings (SSSR count). The molecule has 0 saturated carbocycles. The molecular weight excluding hydrogens is 633 g/mol. The summed E-state index contributed by atoms with van der Waals surface area (Å²) < 4.78 is 52.9. The summed E-state index contributed by atoms with van der Waals surface area (Å²) in [4.78, 5) is 14.5. The molecule has 2 heterocycles. The van der Waals surface area contributed by atoms with Crippen LogP contribution in [-0.4, -0.2) is 81.4 Å². The lowest BCUT2D eigenvalue weighted by Gasteiger charge is -2.40. The third-order valence-corrected chi connectivity index (χ3v) is 9.72. The minimum absolute atomic E-state index is 0.0622. The minimum Gasteiger partial charge on any atom is -0.489 e. The minimum atomic E-state index is -1.32. The van der Waals surface area contributed by atoms with Crippen LogP contribution in [0.3, 0.4) is 0 Å². The molecule has 0 aliphatic carbocycles. The zero-order chi connectivity index (χ0) is 33.8. The Hall–Kier alpha value is -3.13. The Bertz CT molecular complexity index is 1540. The summed E-state index contributed by atoms with van der Waals surface area (Å²) in [6.45, 7) is 2.93. The number of ether oxygens (including phenoxy) is 2. The standard InChI is InChI=1S/C35H41F3N2O6S/c1-3-20-6-7-21(34-32(43)31(42)33(44)35(46-34)47-2)13-22(20)12-19-4-8-25(9-5-19)45-26-10-11-40(18-26)30(41)16-24(39)14-23-15-28(37)29(38)17-27(23)36/h4-9,13,15,17,24,26,31-35,42-44H,3,10-12,14,16,18,39H2,1-2H3/t24-,26-,31+,32+,33-,34-,35+/m0/s1. The van der Waals surface area contributed by atoms with E-state index in [9.17, 15) is 33.3 Å². The van der Waals surface area contributed by atoms with E-state index in [0.29, 0.717) is 37.7 Å². The van der Waals surface area contributed by atoms with Gasteiger partial charge in [-0.3, -0.25) is 4.79 Å². The number of aliphatic hydroxyl groups excluding tert-OH is 3. The van der Waals surface area contributed by atoms with E-state index in [4.69, 9.17) is 15.2 Å². The van der Waals surface area contributed by atoms with E-state index in [1.807, 2.05) is 42.5 Å². The Kier molecular flexibility index (Phi) is 11.5. The van der Waals surface area contributed by atoms with E-state index < -0.39 is 53.3 Å². The largest absolute Gasteiger partial charge is 0.489 e. The Labute approximate surface area is 276 Å². The number of aryl methyl sites for hydroxylation is 1. The van der Waals surface area contributed by atoms with Gasteiger partial charge in [-0.2, -0.15) is 0 Å².